The molecule has 2 aromatic carbocycles. The summed E-state index contributed by atoms with van der Waals surface area (Å²) in [5.41, 5.74) is 3.73. The fourth-order valence-electron chi connectivity index (χ4n) is 3.80. The predicted octanol–water partition coefficient (Wildman–Crippen LogP) is 5.45. The van der Waals surface area contributed by atoms with Gasteiger partial charge in [-0.2, -0.15) is 0 Å². The molecule has 1 N–H and O–H groups in total. The number of carbonyl (C=O) groups excluding carboxylic acids is 1. The first-order chi connectivity index (χ1) is 14.4. The van der Waals surface area contributed by atoms with Crippen molar-refractivity contribution < 1.29 is 9.53 Å². The molecule has 4 heteroatoms. The van der Waals surface area contributed by atoms with Crippen LogP contribution in [0.3, 0.4) is 0 Å². The number of benzene rings is 2. The molecule has 1 aliphatic heterocycles. The number of carbonyl (C=O) groups is 1. The Bertz CT molecular complexity index is 800. The lowest BCUT2D eigenvalue weighted by atomic mass is 9.87. The molecule has 0 saturated carbocycles. The van der Waals surface area contributed by atoms with Crippen molar-refractivity contribution in [2.24, 2.45) is 0 Å². The summed E-state index contributed by atoms with van der Waals surface area (Å²) < 4.78 is 5.96. The topological polar surface area (TPSA) is 41.6 Å². The molecule has 3 rings (SSSR count). The van der Waals surface area contributed by atoms with Crippen LogP contribution >= 0.6 is 0 Å². The van der Waals surface area contributed by atoms with Crippen molar-refractivity contribution in [2.75, 3.05) is 18.0 Å². The van der Waals surface area contributed by atoms with Gasteiger partial charge in [-0.1, -0.05) is 52.0 Å². The van der Waals surface area contributed by atoms with Crippen molar-refractivity contribution >= 4 is 11.6 Å². The Hall–Kier alpha value is -2.49. The second kappa shape index (κ2) is 10.0. The van der Waals surface area contributed by atoms with Crippen molar-refractivity contribution in [3.05, 3.63) is 59.7 Å². The Labute approximate surface area is 181 Å². The maximum Gasteiger partial charge on any atom is 0.261 e. The van der Waals surface area contributed by atoms with Crippen molar-refractivity contribution in [2.45, 2.75) is 71.4 Å². The monoisotopic (exact) mass is 408 g/mol. The van der Waals surface area contributed by atoms with Crippen molar-refractivity contribution in [3.8, 4) is 5.75 Å². The zero-order chi connectivity index (χ0) is 21.6. The van der Waals surface area contributed by atoms with Crippen LogP contribution in [0.1, 0.15) is 64.5 Å². The molecule has 1 amide bonds. The number of hydrogen-bond donors (Lipinski definition) is 1. The third kappa shape index (κ3) is 6.01. The molecule has 0 aliphatic carbocycles. The fourth-order valence-corrected chi connectivity index (χ4v) is 3.80. The lowest BCUT2D eigenvalue weighted by Crippen LogP contribution is -2.37. The molecule has 162 valence electrons. The Morgan fingerprint density at radius 3 is 2.20 bits per heavy atom. The molecule has 1 fully saturated rings. The van der Waals surface area contributed by atoms with E-state index in [0.29, 0.717) is 13.0 Å². The Morgan fingerprint density at radius 2 is 1.63 bits per heavy atom. The number of hydrogen-bond acceptors (Lipinski definition) is 3. The fraction of sp³-hybridized carbons (Fsp3) is 0.500. The zero-order valence-corrected chi connectivity index (χ0v) is 18.9. The van der Waals surface area contributed by atoms with Gasteiger partial charge < -0.3 is 15.0 Å². The van der Waals surface area contributed by atoms with Gasteiger partial charge in [0.2, 0.25) is 0 Å². The quantitative estimate of drug-likeness (QED) is 0.662. The van der Waals surface area contributed by atoms with E-state index in [2.05, 4.69) is 67.4 Å². The minimum atomic E-state index is -0.488. The van der Waals surface area contributed by atoms with Crippen LogP contribution in [0.4, 0.5) is 5.69 Å². The van der Waals surface area contributed by atoms with Crippen molar-refractivity contribution in [1.82, 2.24) is 5.32 Å². The summed E-state index contributed by atoms with van der Waals surface area (Å²) in [5, 5.41) is 3.03. The molecule has 0 unspecified atom stereocenters. The molecular formula is C26H36N2O2. The normalized spacial score (nSPS) is 15.5. The van der Waals surface area contributed by atoms with Gasteiger partial charge in [0, 0.05) is 25.3 Å². The Kier molecular flexibility index (Phi) is 7.41. The SMILES string of the molecule is CC[C@@H](Oc1ccc(C(C)(C)C)cc1)C(=O)NCc1ccc(N2CCCCC2)cc1. The maximum absolute atomic E-state index is 12.6. The molecule has 1 saturated heterocycles. The third-order valence-electron chi connectivity index (χ3n) is 5.79. The molecular weight excluding hydrogens is 372 g/mol. The highest BCUT2D eigenvalue weighted by molar-refractivity contribution is 5.81. The van der Waals surface area contributed by atoms with Gasteiger partial charge in [0.15, 0.2) is 6.10 Å². The van der Waals surface area contributed by atoms with E-state index in [1.165, 1.54) is 30.5 Å². The van der Waals surface area contributed by atoms with Gasteiger partial charge in [0.05, 0.1) is 0 Å². The molecule has 1 aliphatic rings. The molecule has 4 nitrogen and oxygen atoms in total. The van der Waals surface area contributed by atoms with E-state index in [1.54, 1.807) is 0 Å². The van der Waals surface area contributed by atoms with Gasteiger partial charge >= 0.3 is 0 Å². The van der Waals surface area contributed by atoms with Crippen LogP contribution in [-0.2, 0) is 16.8 Å². The summed E-state index contributed by atoms with van der Waals surface area (Å²) in [6.07, 6.45) is 4.02. The van der Waals surface area contributed by atoms with E-state index in [9.17, 15) is 4.79 Å². The van der Waals surface area contributed by atoms with Crippen molar-refractivity contribution in [3.63, 3.8) is 0 Å². The second-order valence-corrected chi connectivity index (χ2v) is 9.22. The minimum absolute atomic E-state index is 0.0718. The highest BCUT2D eigenvalue weighted by atomic mass is 16.5. The molecule has 2 aromatic rings. The first-order valence-electron chi connectivity index (χ1n) is 11.3. The molecule has 30 heavy (non-hydrogen) atoms. The lowest BCUT2D eigenvalue weighted by Gasteiger charge is -2.28. The predicted molar refractivity (Wildman–Crippen MR) is 124 cm³/mol. The largest absolute Gasteiger partial charge is 0.481 e. The van der Waals surface area contributed by atoms with Gasteiger partial charge in [0.1, 0.15) is 5.75 Å². The summed E-state index contributed by atoms with van der Waals surface area (Å²) in [7, 11) is 0. The summed E-state index contributed by atoms with van der Waals surface area (Å²) in [5.74, 6) is 0.661. The van der Waals surface area contributed by atoms with Gasteiger partial charge in [-0.05, 0) is 66.5 Å². The van der Waals surface area contributed by atoms with Crippen LogP contribution in [-0.4, -0.2) is 25.1 Å². The summed E-state index contributed by atoms with van der Waals surface area (Å²) in [6, 6.07) is 16.6. The maximum atomic E-state index is 12.6. The average molecular weight is 409 g/mol. The number of anilines is 1. The van der Waals surface area contributed by atoms with E-state index in [1.807, 2.05) is 19.1 Å². The number of amides is 1. The number of ether oxygens (including phenoxy) is 1. The van der Waals surface area contributed by atoms with E-state index in [4.69, 9.17) is 4.74 Å². The second-order valence-electron chi connectivity index (χ2n) is 9.22. The standard InChI is InChI=1S/C26H36N2O2/c1-5-24(30-23-15-11-21(12-16-23)26(2,3)4)25(29)27-19-20-9-13-22(14-10-20)28-17-7-6-8-18-28/h9-16,24H,5-8,17-19H2,1-4H3,(H,27,29)/t24-/m1/s1. The van der Waals surface area contributed by atoms with Crippen LogP contribution in [0.25, 0.3) is 0 Å². The van der Waals surface area contributed by atoms with Crippen molar-refractivity contribution in [1.29, 1.82) is 0 Å². The molecule has 0 bridgehead atoms. The van der Waals surface area contributed by atoms with Crippen LogP contribution in [0.5, 0.6) is 5.75 Å². The smallest absolute Gasteiger partial charge is 0.261 e. The van der Waals surface area contributed by atoms with Crippen LogP contribution < -0.4 is 15.0 Å². The summed E-state index contributed by atoms with van der Waals surface area (Å²) >= 11 is 0. The molecule has 0 aromatic heterocycles. The molecule has 0 radical (unpaired) electrons. The van der Waals surface area contributed by atoms with E-state index in [-0.39, 0.29) is 11.3 Å². The van der Waals surface area contributed by atoms with E-state index >= 15 is 0 Å². The van der Waals surface area contributed by atoms with Gasteiger partial charge in [-0.15, -0.1) is 0 Å². The summed E-state index contributed by atoms with van der Waals surface area (Å²) in [4.78, 5) is 15.1. The van der Waals surface area contributed by atoms with Crippen LogP contribution in [0, 0.1) is 0 Å². The lowest BCUT2D eigenvalue weighted by molar-refractivity contribution is -0.128. The highest BCUT2D eigenvalue weighted by Gasteiger charge is 2.19. The van der Waals surface area contributed by atoms with Gasteiger partial charge in [-0.3, -0.25) is 4.79 Å². The van der Waals surface area contributed by atoms with E-state index < -0.39 is 6.10 Å². The number of nitrogens with one attached hydrogen (secondary N) is 1. The van der Waals surface area contributed by atoms with Gasteiger partial charge in [0.25, 0.3) is 5.91 Å². The van der Waals surface area contributed by atoms with Gasteiger partial charge in [-0.25, -0.2) is 0 Å². The van der Waals surface area contributed by atoms with Crippen LogP contribution in [0.2, 0.25) is 0 Å². The first-order valence-corrected chi connectivity index (χ1v) is 11.3. The Morgan fingerprint density at radius 1 is 1.00 bits per heavy atom. The number of nitrogens with zero attached hydrogens (tertiary/aromatic N) is 1. The van der Waals surface area contributed by atoms with E-state index in [0.717, 1.165) is 24.4 Å². The third-order valence-corrected chi connectivity index (χ3v) is 5.79. The molecule has 0 spiro atoms. The first kappa shape index (κ1) is 22.2. The molecule has 1 heterocycles. The minimum Gasteiger partial charge on any atom is -0.481 e. The highest BCUT2D eigenvalue weighted by Crippen LogP contribution is 2.25. The zero-order valence-electron chi connectivity index (χ0n) is 18.9. The number of piperidine rings is 1. The average Bonchev–Trinajstić information content (AvgIpc) is 2.76. The van der Waals surface area contributed by atoms with Crippen LogP contribution in [0.15, 0.2) is 48.5 Å². The molecule has 1 atom stereocenters. The summed E-state index contributed by atoms with van der Waals surface area (Å²) in [6.45, 7) is 11.3. The Balaban J connectivity index is 1.52. The number of rotatable bonds is 7.